The number of benzene rings is 2. The normalized spacial score (nSPS) is 12.2. The van der Waals surface area contributed by atoms with Crippen molar-refractivity contribution in [1.29, 1.82) is 0 Å². The zero-order chi connectivity index (χ0) is 18.0. The van der Waals surface area contributed by atoms with E-state index < -0.39 is 0 Å². The first-order valence-electron chi connectivity index (χ1n) is 8.04. The van der Waals surface area contributed by atoms with Gasteiger partial charge >= 0.3 is 0 Å². The van der Waals surface area contributed by atoms with Crippen molar-refractivity contribution in [3.05, 3.63) is 53.2 Å². The van der Waals surface area contributed by atoms with Crippen molar-refractivity contribution in [3.8, 4) is 17.2 Å². The van der Waals surface area contributed by atoms with Gasteiger partial charge in [0.25, 0.3) is 0 Å². The topological polar surface area (TPSA) is 52.7 Å². The Balaban J connectivity index is 2.20. The fourth-order valence-corrected chi connectivity index (χ4v) is 3.31. The molecule has 0 spiro atoms. The molecule has 0 aliphatic carbocycles. The van der Waals surface area contributed by atoms with Crippen molar-refractivity contribution in [2.24, 2.45) is 0 Å². The maximum atomic E-state index is 5.87. The number of hydrogen-bond donors (Lipinski definition) is 1. The van der Waals surface area contributed by atoms with Gasteiger partial charge in [-0.3, -0.25) is 0 Å². The van der Waals surface area contributed by atoms with E-state index in [-0.39, 0.29) is 6.10 Å². The molecule has 0 saturated carbocycles. The molecule has 0 fully saturated rings. The Morgan fingerprint density at radius 2 is 1.52 bits per heavy atom. The lowest BCUT2D eigenvalue weighted by molar-refractivity contribution is 0.136. The lowest BCUT2D eigenvalue weighted by Crippen LogP contribution is -2.06. The number of para-hydroxylation sites is 1. The summed E-state index contributed by atoms with van der Waals surface area (Å²) in [5.41, 5.74) is 4.20. The van der Waals surface area contributed by atoms with Crippen LogP contribution in [0.3, 0.4) is 0 Å². The van der Waals surface area contributed by atoms with Gasteiger partial charge in [0.05, 0.1) is 21.3 Å². The molecule has 1 atom stereocenters. The molecule has 0 radical (unpaired) electrons. The molecule has 0 aliphatic heterocycles. The van der Waals surface area contributed by atoms with Crippen LogP contribution >= 0.6 is 0 Å². The first kappa shape index (κ1) is 17.2. The van der Waals surface area contributed by atoms with Gasteiger partial charge in [-0.1, -0.05) is 18.2 Å². The molecule has 0 amide bonds. The van der Waals surface area contributed by atoms with E-state index in [0.29, 0.717) is 17.2 Å². The monoisotopic (exact) mass is 341 g/mol. The molecular weight excluding hydrogens is 318 g/mol. The van der Waals surface area contributed by atoms with Gasteiger partial charge in [0, 0.05) is 29.3 Å². The van der Waals surface area contributed by atoms with Crippen molar-refractivity contribution < 1.29 is 18.9 Å². The molecule has 5 nitrogen and oxygen atoms in total. The minimum absolute atomic E-state index is 0.259. The second kappa shape index (κ2) is 7.07. The van der Waals surface area contributed by atoms with Gasteiger partial charge in [-0.25, -0.2) is 0 Å². The third kappa shape index (κ3) is 2.91. The van der Waals surface area contributed by atoms with E-state index in [1.165, 1.54) is 0 Å². The second-order valence-electron chi connectivity index (χ2n) is 5.78. The number of hydrogen-bond acceptors (Lipinski definition) is 4. The van der Waals surface area contributed by atoms with Crippen molar-refractivity contribution in [1.82, 2.24) is 4.98 Å². The molecule has 2 aromatic carbocycles. The maximum absolute atomic E-state index is 5.87. The fourth-order valence-electron chi connectivity index (χ4n) is 3.31. The second-order valence-corrected chi connectivity index (χ2v) is 5.78. The molecule has 132 valence electrons. The van der Waals surface area contributed by atoms with E-state index in [1.54, 1.807) is 28.4 Å². The molecule has 0 saturated heterocycles. The number of ether oxygens (including phenoxy) is 4. The number of rotatable bonds is 6. The maximum Gasteiger partial charge on any atom is 0.203 e. The summed E-state index contributed by atoms with van der Waals surface area (Å²) < 4.78 is 22.2. The number of aromatic nitrogens is 1. The summed E-state index contributed by atoms with van der Waals surface area (Å²) in [6.07, 6.45) is -0.259. The first-order chi connectivity index (χ1) is 12.1. The van der Waals surface area contributed by atoms with Crippen LogP contribution in [0.15, 0.2) is 36.4 Å². The average molecular weight is 341 g/mol. The molecule has 3 rings (SSSR count). The molecule has 1 N–H and O–H groups in total. The average Bonchev–Trinajstić information content (AvgIpc) is 2.97. The van der Waals surface area contributed by atoms with E-state index in [9.17, 15) is 0 Å². The van der Waals surface area contributed by atoms with E-state index in [1.807, 2.05) is 24.3 Å². The minimum atomic E-state index is -0.259. The smallest absolute Gasteiger partial charge is 0.203 e. The van der Waals surface area contributed by atoms with Gasteiger partial charge in [0.15, 0.2) is 11.5 Å². The Morgan fingerprint density at radius 1 is 0.880 bits per heavy atom. The van der Waals surface area contributed by atoms with E-state index >= 15 is 0 Å². The Morgan fingerprint density at radius 3 is 2.08 bits per heavy atom. The predicted octanol–water partition coefficient (Wildman–Crippen LogP) is 4.24. The molecular formula is C20H23NO4. The zero-order valence-corrected chi connectivity index (χ0v) is 15.2. The summed E-state index contributed by atoms with van der Waals surface area (Å²) in [5.74, 6) is 1.78. The predicted molar refractivity (Wildman–Crippen MR) is 98.0 cm³/mol. The number of H-pyrrole nitrogens is 1. The van der Waals surface area contributed by atoms with E-state index in [4.69, 9.17) is 18.9 Å². The molecule has 1 aromatic heterocycles. The van der Waals surface area contributed by atoms with Gasteiger partial charge in [-0.05, 0) is 30.7 Å². The van der Waals surface area contributed by atoms with Crippen molar-refractivity contribution in [2.45, 2.75) is 13.0 Å². The summed E-state index contributed by atoms with van der Waals surface area (Å²) >= 11 is 0. The molecule has 1 unspecified atom stereocenters. The highest BCUT2D eigenvalue weighted by Gasteiger charge is 2.24. The van der Waals surface area contributed by atoms with Crippen molar-refractivity contribution >= 4 is 10.9 Å². The van der Waals surface area contributed by atoms with Crippen LogP contribution in [0.25, 0.3) is 10.9 Å². The molecule has 1 heterocycles. The van der Waals surface area contributed by atoms with Crippen molar-refractivity contribution in [2.75, 3.05) is 28.4 Å². The van der Waals surface area contributed by atoms with Gasteiger partial charge in [-0.2, -0.15) is 0 Å². The SMILES string of the molecule is COc1cc(C(OC)c2c(C)[nH]c3ccccc23)cc(OC)c1OC. The molecule has 0 bridgehead atoms. The summed E-state index contributed by atoms with van der Waals surface area (Å²) in [6, 6.07) is 12.1. The molecule has 0 aliphatic rings. The first-order valence-corrected chi connectivity index (χ1v) is 8.04. The molecule has 3 aromatic rings. The summed E-state index contributed by atoms with van der Waals surface area (Å²) in [7, 11) is 6.52. The lowest BCUT2D eigenvalue weighted by Gasteiger charge is -2.20. The Hall–Kier alpha value is -2.66. The van der Waals surface area contributed by atoms with Crippen LogP contribution in [0.5, 0.6) is 17.2 Å². The third-order valence-electron chi connectivity index (χ3n) is 4.43. The van der Waals surface area contributed by atoms with E-state index in [0.717, 1.165) is 27.7 Å². The fraction of sp³-hybridized carbons (Fsp3) is 0.300. The van der Waals surface area contributed by atoms with Gasteiger partial charge in [0.2, 0.25) is 5.75 Å². The van der Waals surface area contributed by atoms with Gasteiger partial charge in [0.1, 0.15) is 6.10 Å². The zero-order valence-electron chi connectivity index (χ0n) is 15.2. The van der Waals surface area contributed by atoms with Crippen LogP contribution < -0.4 is 14.2 Å². The highest BCUT2D eigenvalue weighted by molar-refractivity contribution is 5.85. The highest BCUT2D eigenvalue weighted by atomic mass is 16.5. The van der Waals surface area contributed by atoms with Crippen LogP contribution in [0.4, 0.5) is 0 Å². The lowest BCUT2D eigenvalue weighted by atomic mass is 9.97. The van der Waals surface area contributed by atoms with Crippen LogP contribution in [-0.4, -0.2) is 33.4 Å². The minimum Gasteiger partial charge on any atom is -0.493 e. The molecule has 5 heteroatoms. The number of methoxy groups -OCH3 is 4. The molecule has 25 heavy (non-hydrogen) atoms. The van der Waals surface area contributed by atoms with Crippen molar-refractivity contribution in [3.63, 3.8) is 0 Å². The largest absolute Gasteiger partial charge is 0.493 e. The van der Waals surface area contributed by atoms with Crippen LogP contribution in [0, 0.1) is 6.92 Å². The van der Waals surface area contributed by atoms with Crippen LogP contribution in [0.1, 0.15) is 22.9 Å². The van der Waals surface area contributed by atoms with Crippen LogP contribution in [0.2, 0.25) is 0 Å². The Kier molecular flexibility index (Phi) is 4.86. The summed E-state index contributed by atoms with van der Waals surface area (Å²) in [6.45, 7) is 2.05. The number of aryl methyl sites for hydroxylation is 1. The standard InChI is InChI=1S/C20H23NO4/c1-12-18(14-8-6-7-9-15(14)21-12)19(24-4)13-10-16(22-2)20(25-5)17(11-13)23-3/h6-11,19,21H,1-5H3. The number of fused-ring (bicyclic) bond motifs is 1. The highest BCUT2D eigenvalue weighted by Crippen LogP contribution is 2.43. The van der Waals surface area contributed by atoms with Crippen LogP contribution in [-0.2, 0) is 4.74 Å². The number of aromatic amines is 1. The van der Waals surface area contributed by atoms with Gasteiger partial charge in [-0.15, -0.1) is 0 Å². The third-order valence-corrected chi connectivity index (χ3v) is 4.43. The van der Waals surface area contributed by atoms with E-state index in [2.05, 4.69) is 24.0 Å². The quantitative estimate of drug-likeness (QED) is 0.729. The number of nitrogens with one attached hydrogen (secondary N) is 1. The Bertz CT molecular complexity index is 860. The van der Waals surface area contributed by atoms with Gasteiger partial charge < -0.3 is 23.9 Å². The summed E-state index contributed by atoms with van der Waals surface area (Å²) in [5, 5.41) is 1.14. The summed E-state index contributed by atoms with van der Waals surface area (Å²) in [4.78, 5) is 3.42. The Labute approximate surface area is 147 Å².